The minimum Gasteiger partial charge on any atom is -0.456 e. The third kappa shape index (κ3) is 5.74. The molecule has 0 spiro atoms. The predicted octanol–water partition coefficient (Wildman–Crippen LogP) is 2.53. The molecule has 1 atom stereocenters. The van der Waals surface area contributed by atoms with Gasteiger partial charge in [-0.2, -0.15) is 0 Å². The molecule has 0 aliphatic carbocycles. The van der Waals surface area contributed by atoms with Crippen LogP contribution < -0.4 is 0 Å². The lowest BCUT2D eigenvalue weighted by Gasteiger charge is -2.23. The monoisotopic (exact) mass is 216 g/mol. The molecule has 0 aromatic rings. The smallest absolute Gasteiger partial charge is 0.194 e. The Kier molecular flexibility index (Phi) is 4.51. The van der Waals surface area contributed by atoms with Crippen molar-refractivity contribution in [2.45, 2.75) is 30.6 Å². The van der Waals surface area contributed by atoms with Crippen LogP contribution in [0.4, 0.5) is 0 Å². The predicted molar refractivity (Wildman–Crippen MR) is 52.9 cm³/mol. The molecule has 0 aliphatic heterocycles. The normalized spacial score (nSPS) is 15.9. The van der Waals surface area contributed by atoms with Crippen LogP contribution in [0.25, 0.3) is 0 Å². The maximum Gasteiger partial charge on any atom is 0.194 e. The average Bonchev–Trinajstić information content (AvgIpc) is 1.60. The van der Waals surface area contributed by atoms with Gasteiger partial charge in [0.15, 0.2) is 17.4 Å². The lowest BCUT2D eigenvalue weighted by Crippen LogP contribution is -2.36. The van der Waals surface area contributed by atoms with Crippen LogP contribution in [0.5, 0.6) is 0 Å². The molecule has 62 valence electrons. The van der Waals surface area contributed by atoms with Crippen LogP contribution in [0.1, 0.15) is 0 Å². The summed E-state index contributed by atoms with van der Waals surface area (Å²) in [7, 11) is -2.70. The minimum absolute atomic E-state index is 0.272. The molecule has 0 amide bonds. The zero-order chi connectivity index (χ0) is 8.36. The molecule has 0 rings (SSSR count). The maximum absolute atomic E-state index is 5.71. The second-order valence-corrected chi connectivity index (χ2v) is 12.5. The summed E-state index contributed by atoms with van der Waals surface area (Å²) < 4.78 is 5.44. The molecule has 0 N–H and O–H groups in total. The van der Waals surface area contributed by atoms with Gasteiger partial charge in [0.25, 0.3) is 0 Å². The Hall–Kier alpha value is 0.974. The van der Waals surface area contributed by atoms with E-state index in [1.165, 1.54) is 0 Å². The van der Waals surface area contributed by atoms with E-state index in [1.807, 2.05) is 6.55 Å². The number of hydrogen-bond acceptors (Lipinski definition) is 1. The summed E-state index contributed by atoms with van der Waals surface area (Å²) in [6.45, 7) is 8.47. The first-order chi connectivity index (χ1) is 4.33. The third-order valence-corrected chi connectivity index (χ3v) is 8.05. The van der Waals surface area contributed by atoms with Crippen molar-refractivity contribution in [3.8, 4) is 0 Å². The Balaban J connectivity index is 3.68. The van der Waals surface area contributed by atoms with Crippen molar-refractivity contribution in [2.75, 3.05) is 0 Å². The molecule has 0 aromatic carbocycles. The lowest BCUT2D eigenvalue weighted by molar-refractivity contribution is 0.578. The Labute approximate surface area is 75.5 Å². The molecule has 0 radical (unpaired) electrons. The van der Waals surface area contributed by atoms with Gasteiger partial charge in [-0.1, -0.05) is 0 Å². The van der Waals surface area contributed by atoms with Crippen LogP contribution in [0.15, 0.2) is 0 Å². The second kappa shape index (κ2) is 4.11. The van der Waals surface area contributed by atoms with Crippen LogP contribution in [0, 0.1) is 0 Å². The van der Waals surface area contributed by atoms with Gasteiger partial charge in [0.05, 0.1) is 0 Å². The van der Waals surface area contributed by atoms with E-state index in [4.69, 9.17) is 27.3 Å². The standard InChI is InChI=1S/C5H14Cl2OSi2/c1-9(5(6)7)8-10(2,3)4/h5,9H,1-4H3. The Morgan fingerprint density at radius 2 is 1.70 bits per heavy atom. The molecule has 1 unspecified atom stereocenters. The van der Waals surface area contributed by atoms with Crippen molar-refractivity contribution in [2.24, 2.45) is 0 Å². The summed E-state index contributed by atoms with van der Waals surface area (Å²) in [6.07, 6.45) is 0. The van der Waals surface area contributed by atoms with Gasteiger partial charge in [-0.25, -0.2) is 0 Å². The second-order valence-electron chi connectivity index (χ2n) is 3.27. The molecule has 0 heterocycles. The van der Waals surface area contributed by atoms with E-state index in [2.05, 4.69) is 19.6 Å². The van der Waals surface area contributed by atoms with E-state index in [1.54, 1.807) is 0 Å². The van der Waals surface area contributed by atoms with Crippen LogP contribution in [0.2, 0.25) is 26.2 Å². The molecule has 10 heavy (non-hydrogen) atoms. The first-order valence-corrected chi connectivity index (χ1v) is 9.86. The Morgan fingerprint density at radius 3 is 1.80 bits per heavy atom. The summed E-state index contributed by atoms with van der Waals surface area (Å²) in [4.78, 5) is 0. The van der Waals surface area contributed by atoms with Crippen molar-refractivity contribution >= 4 is 40.6 Å². The van der Waals surface area contributed by atoms with Gasteiger partial charge in [-0.3, -0.25) is 0 Å². The molecule has 0 fully saturated rings. The van der Waals surface area contributed by atoms with Gasteiger partial charge in [-0.05, 0) is 26.2 Å². The number of halogens is 2. The van der Waals surface area contributed by atoms with Crippen molar-refractivity contribution < 1.29 is 4.12 Å². The van der Waals surface area contributed by atoms with Gasteiger partial charge < -0.3 is 4.12 Å². The molecule has 0 aliphatic rings. The maximum atomic E-state index is 5.71. The highest BCUT2D eigenvalue weighted by Gasteiger charge is 2.22. The molecular formula is C5H14Cl2OSi2. The quantitative estimate of drug-likeness (QED) is 0.521. The molecular weight excluding hydrogens is 203 g/mol. The van der Waals surface area contributed by atoms with E-state index in [0.717, 1.165) is 0 Å². The molecule has 0 aromatic heterocycles. The highest BCUT2D eigenvalue weighted by Crippen LogP contribution is 2.13. The summed E-state index contributed by atoms with van der Waals surface area (Å²) in [5.41, 5.74) is 0. The zero-order valence-corrected chi connectivity index (χ0v) is 10.5. The largest absolute Gasteiger partial charge is 0.456 e. The van der Waals surface area contributed by atoms with E-state index >= 15 is 0 Å². The van der Waals surface area contributed by atoms with Crippen LogP contribution >= 0.6 is 23.2 Å². The molecule has 0 bridgehead atoms. The van der Waals surface area contributed by atoms with Crippen LogP contribution in [-0.4, -0.2) is 21.8 Å². The molecule has 5 heteroatoms. The van der Waals surface area contributed by atoms with Crippen molar-refractivity contribution in [3.63, 3.8) is 0 Å². The van der Waals surface area contributed by atoms with Crippen molar-refractivity contribution in [1.29, 1.82) is 0 Å². The zero-order valence-electron chi connectivity index (χ0n) is 6.82. The van der Waals surface area contributed by atoms with Gasteiger partial charge in [-0.15, -0.1) is 23.2 Å². The van der Waals surface area contributed by atoms with Crippen LogP contribution in [-0.2, 0) is 4.12 Å². The van der Waals surface area contributed by atoms with E-state index < -0.39 is 17.4 Å². The van der Waals surface area contributed by atoms with Gasteiger partial charge in [0.1, 0.15) is 4.46 Å². The highest BCUT2D eigenvalue weighted by molar-refractivity contribution is 6.83. The minimum atomic E-state index is -1.39. The molecule has 1 nitrogen and oxygen atoms in total. The average molecular weight is 217 g/mol. The Bertz CT molecular complexity index is 102. The van der Waals surface area contributed by atoms with Crippen molar-refractivity contribution in [1.82, 2.24) is 0 Å². The molecule has 0 saturated heterocycles. The number of hydrogen-bond donors (Lipinski definition) is 0. The fourth-order valence-electron chi connectivity index (χ4n) is 0.609. The van der Waals surface area contributed by atoms with Crippen LogP contribution in [0.3, 0.4) is 0 Å². The van der Waals surface area contributed by atoms with Crippen molar-refractivity contribution in [3.05, 3.63) is 0 Å². The van der Waals surface area contributed by atoms with Gasteiger partial charge in [0, 0.05) is 0 Å². The highest BCUT2D eigenvalue weighted by atomic mass is 35.5. The fourth-order valence-corrected chi connectivity index (χ4v) is 6.41. The summed E-state index contributed by atoms with van der Waals surface area (Å²) >= 11 is 11.3. The van der Waals surface area contributed by atoms with Gasteiger partial charge >= 0.3 is 0 Å². The number of rotatable bonds is 3. The SMILES string of the molecule is C[SiH](O[Si](C)(C)C)C(Cl)Cl. The summed E-state index contributed by atoms with van der Waals surface area (Å²) in [5.74, 6) is 0. The van der Waals surface area contributed by atoms with E-state index in [-0.39, 0.29) is 4.46 Å². The Morgan fingerprint density at radius 1 is 1.30 bits per heavy atom. The van der Waals surface area contributed by atoms with Gasteiger partial charge in [0.2, 0.25) is 0 Å². The fraction of sp³-hybridized carbons (Fsp3) is 1.00. The van der Waals surface area contributed by atoms with E-state index in [0.29, 0.717) is 0 Å². The molecule has 0 saturated carbocycles. The summed E-state index contributed by atoms with van der Waals surface area (Å²) in [6, 6.07) is 0. The summed E-state index contributed by atoms with van der Waals surface area (Å²) in [5, 5.41) is 0. The first-order valence-electron chi connectivity index (χ1n) is 3.29. The van der Waals surface area contributed by atoms with E-state index in [9.17, 15) is 0 Å². The third-order valence-electron chi connectivity index (χ3n) is 0.894. The number of alkyl halides is 2. The lowest BCUT2D eigenvalue weighted by atomic mass is 11.8. The first kappa shape index (κ1) is 11.0. The topological polar surface area (TPSA) is 9.23 Å².